The number of aromatic hydroxyl groups is 1. The minimum absolute atomic E-state index is 0.0502. The summed E-state index contributed by atoms with van der Waals surface area (Å²) in [5, 5.41) is 62.4. The van der Waals surface area contributed by atoms with Crippen LogP contribution in [-0.4, -0.2) is 178 Å². The third kappa shape index (κ3) is 20.4. The second-order valence-corrected chi connectivity index (χ2v) is 18.1. The van der Waals surface area contributed by atoms with Crippen molar-refractivity contribution in [2.75, 3.05) is 12.8 Å². The molecule has 0 aliphatic rings. The molecule has 12 aromatic heterocycles. The van der Waals surface area contributed by atoms with Gasteiger partial charge in [0.05, 0.1) is 53.7 Å². The van der Waals surface area contributed by atoms with Gasteiger partial charge in [-0.15, -0.1) is 0 Å². The molecule has 480 valence electrons. The molecule has 0 radical (unpaired) electrons. The van der Waals surface area contributed by atoms with Gasteiger partial charge in [0.25, 0.3) is 0 Å². The summed E-state index contributed by atoms with van der Waals surface area (Å²) in [4.78, 5) is 140. The summed E-state index contributed by atoms with van der Waals surface area (Å²) in [5.41, 5.74) is 10.6. The van der Waals surface area contributed by atoms with E-state index in [1.54, 1.807) is 48.9 Å². The van der Waals surface area contributed by atoms with Gasteiger partial charge in [-0.3, -0.25) is 9.97 Å². The Morgan fingerprint density at radius 2 is 0.729 bits per heavy atom. The summed E-state index contributed by atoms with van der Waals surface area (Å²) in [5.74, 6) is -6.73. The number of pyridine rings is 4. The van der Waals surface area contributed by atoms with E-state index < -0.39 is 41.6 Å². The summed E-state index contributed by atoms with van der Waals surface area (Å²) >= 11 is 5.73. The first-order valence-electron chi connectivity index (χ1n) is 26.2. The number of hydrogen-bond acceptors (Lipinski definition) is 29. The van der Waals surface area contributed by atoms with Gasteiger partial charge in [-0.1, -0.05) is 11.6 Å². The lowest BCUT2D eigenvalue weighted by atomic mass is 10.1. The fraction of sp³-hybridized carbons (Fsp3) is 0.0169. The minimum atomic E-state index is -1.18. The molecule has 0 amide bonds. The van der Waals surface area contributed by atoms with Crippen molar-refractivity contribution in [3.05, 3.63) is 224 Å². The van der Waals surface area contributed by atoms with Crippen molar-refractivity contribution in [1.82, 2.24) is 99.7 Å². The van der Waals surface area contributed by atoms with Crippen LogP contribution in [-0.2, 0) is 0 Å². The van der Waals surface area contributed by atoms with Crippen molar-refractivity contribution in [2.45, 2.75) is 0 Å². The fourth-order valence-corrected chi connectivity index (χ4v) is 7.28. The number of halogens is 2. The number of ether oxygens (including phenoxy) is 1. The Balaban J connectivity index is 0.000000163. The molecular weight excluding hydrogens is 1280 g/mol. The predicted octanol–water partition coefficient (Wildman–Crippen LogP) is 6.30. The Morgan fingerprint density at radius 3 is 1.12 bits per heavy atom. The topological polar surface area (TPSA) is 537 Å². The van der Waals surface area contributed by atoms with Gasteiger partial charge in [0.1, 0.15) is 55.2 Å². The maximum atomic E-state index is 13.3. The van der Waals surface area contributed by atoms with Gasteiger partial charge in [0.15, 0.2) is 40.0 Å². The molecule has 0 bridgehead atoms. The largest absolute Gasteiger partial charge is 0.506 e. The van der Waals surface area contributed by atoms with Crippen LogP contribution in [0.3, 0.4) is 0 Å². The van der Waals surface area contributed by atoms with Crippen LogP contribution >= 0.6 is 11.6 Å². The number of hydrogen-bond donors (Lipinski definition) is 8. The van der Waals surface area contributed by atoms with Crippen LogP contribution in [0.25, 0.3) is 67.5 Å². The lowest BCUT2D eigenvalue weighted by molar-refractivity contribution is 0.0679. The van der Waals surface area contributed by atoms with E-state index in [4.69, 9.17) is 52.7 Å². The Morgan fingerprint density at radius 1 is 0.375 bits per heavy atom. The second kappa shape index (κ2) is 34.0. The SMILES string of the molecule is COc1cc(-c2cc(C(=O)O)ncn2)ccn1.Nc1ncc(-c2cc(C(=O)O)ncn2)cn1.O=C(O)c1cc(-c2ccnc(Cl)c2)ncn1.O=C(O)c1cc(-c2ccncc2F)ncn1.O=C(O)c1cc(-c2ccncc2O)ncn1.O=C(O)c1cc(-c2cncnc2)ncn1. The van der Waals surface area contributed by atoms with E-state index in [-0.39, 0.29) is 57.1 Å². The van der Waals surface area contributed by atoms with Gasteiger partial charge in [0, 0.05) is 89.0 Å². The molecular formula is C59H41ClFN21O14. The lowest BCUT2D eigenvalue weighted by Crippen LogP contribution is -2.01. The molecule has 0 saturated carbocycles. The number of methoxy groups -OCH3 is 1. The molecule has 12 aromatic rings. The smallest absolute Gasteiger partial charge is 0.354 e. The van der Waals surface area contributed by atoms with Gasteiger partial charge >= 0.3 is 35.8 Å². The van der Waals surface area contributed by atoms with Gasteiger partial charge in [-0.05, 0) is 66.7 Å². The molecule has 0 fully saturated rings. The van der Waals surface area contributed by atoms with Crippen molar-refractivity contribution in [1.29, 1.82) is 0 Å². The first kappa shape index (κ1) is 69.2. The summed E-state index contributed by atoms with van der Waals surface area (Å²) in [7, 11) is 1.51. The van der Waals surface area contributed by atoms with Crippen LogP contribution in [0.1, 0.15) is 62.9 Å². The molecule has 96 heavy (non-hydrogen) atoms. The maximum Gasteiger partial charge on any atom is 0.354 e. The highest BCUT2D eigenvalue weighted by atomic mass is 35.5. The van der Waals surface area contributed by atoms with Crippen molar-refractivity contribution in [2.24, 2.45) is 0 Å². The number of carbonyl (C=O) groups is 6. The summed E-state index contributed by atoms with van der Waals surface area (Å²) in [6.07, 6.45) is 22.7. The molecule has 0 aliphatic carbocycles. The van der Waals surface area contributed by atoms with Crippen LogP contribution in [0, 0.1) is 5.82 Å². The third-order valence-electron chi connectivity index (χ3n) is 11.5. The minimum Gasteiger partial charge on any atom is -0.506 e. The molecule has 0 unspecified atom stereocenters. The highest BCUT2D eigenvalue weighted by Crippen LogP contribution is 2.27. The monoisotopic (exact) mass is 1320 g/mol. The van der Waals surface area contributed by atoms with Crippen LogP contribution in [0.4, 0.5) is 10.3 Å². The van der Waals surface area contributed by atoms with Crippen LogP contribution < -0.4 is 10.5 Å². The van der Waals surface area contributed by atoms with Crippen LogP contribution in [0.15, 0.2) is 179 Å². The number of nitrogens with two attached hydrogens (primary N) is 1. The van der Waals surface area contributed by atoms with E-state index in [0.29, 0.717) is 61.8 Å². The van der Waals surface area contributed by atoms with Crippen molar-refractivity contribution in [3.8, 4) is 79.2 Å². The molecule has 12 rings (SSSR count). The molecule has 12 heterocycles. The zero-order chi connectivity index (χ0) is 69.1. The second-order valence-electron chi connectivity index (χ2n) is 17.7. The molecule has 0 aliphatic heterocycles. The average Bonchev–Trinajstić information content (AvgIpc) is 0.952. The lowest BCUT2D eigenvalue weighted by Gasteiger charge is -2.03. The highest BCUT2D eigenvalue weighted by Gasteiger charge is 2.15. The number of anilines is 1. The van der Waals surface area contributed by atoms with Gasteiger partial charge in [0.2, 0.25) is 11.8 Å². The number of carboxylic acid groups (broad SMARTS) is 6. The van der Waals surface area contributed by atoms with Gasteiger partial charge in [-0.25, -0.2) is 123 Å². The zero-order valence-corrected chi connectivity index (χ0v) is 49.3. The Labute approximate surface area is 540 Å². The predicted molar refractivity (Wildman–Crippen MR) is 327 cm³/mol. The van der Waals surface area contributed by atoms with Crippen molar-refractivity contribution < 1.29 is 73.6 Å². The van der Waals surface area contributed by atoms with E-state index in [1.165, 1.54) is 118 Å². The van der Waals surface area contributed by atoms with E-state index in [9.17, 15) is 38.3 Å². The standard InChI is InChI=1S/C11H9N3O3.C10H6ClN3O2.C10H6FN3O2.C10H7N3O3.C9H7N5O2.C9H6N4O2/c1-17-10-4-7(2-3-12-10)8-5-9(11(15)16)14-6-13-8;11-9-3-6(1-2-12-9)7-4-8(10(15)16)14-5-13-7;11-7-4-12-2-1-6(7)8-3-9(10(15)16)14-5-13-8;14-9-4-11-2-1-6(9)7-3-8(10(15)16)13-5-12-7;10-9-11-2-5(3-12-9)6-1-7(8(15)16)14-4-13-6;14-9(15)8-1-7(12-5-13-8)6-2-10-4-11-3-6/h2-6H,1H3,(H,15,16);2*1-5H,(H,15,16);1-5,14H,(H,15,16);1-4H,(H,15,16)(H2,10,11,12);1-5H,(H,14,15). The average molecular weight is 1320 g/mol. The number of aromatic carboxylic acids is 6. The fourth-order valence-electron chi connectivity index (χ4n) is 7.10. The van der Waals surface area contributed by atoms with Crippen LogP contribution in [0.2, 0.25) is 5.15 Å². The summed E-state index contributed by atoms with van der Waals surface area (Å²) in [6, 6.07) is 17.7. The highest BCUT2D eigenvalue weighted by molar-refractivity contribution is 6.29. The summed E-state index contributed by atoms with van der Waals surface area (Å²) < 4.78 is 18.3. The molecule has 35 nitrogen and oxygen atoms in total. The molecule has 9 N–H and O–H groups in total. The number of aromatic nitrogens is 20. The van der Waals surface area contributed by atoms with Gasteiger partial charge in [-0.2, -0.15) is 0 Å². The summed E-state index contributed by atoms with van der Waals surface area (Å²) in [6.45, 7) is 0. The Bertz CT molecular complexity index is 4630. The quantitative estimate of drug-likeness (QED) is 0.0587. The van der Waals surface area contributed by atoms with Crippen molar-refractivity contribution >= 4 is 53.4 Å². The zero-order valence-electron chi connectivity index (χ0n) is 48.5. The van der Waals surface area contributed by atoms with E-state index in [1.807, 2.05) is 0 Å². The van der Waals surface area contributed by atoms with Gasteiger partial charge < -0.3 is 46.2 Å². The number of rotatable bonds is 13. The molecule has 0 atom stereocenters. The van der Waals surface area contributed by atoms with E-state index in [2.05, 4.69) is 99.7 Å². The maximum absolute atomic E-state index is 13.3. The first-order chi connectivity index (χ1) is 46.2. The van der Waals surface area contributed by atoms with E-state index >= 15 is 0 Å². The van der Waals surface area contributed by atoms with E-state index in [0.717, 1.165) is 24.4 Å². The Kier molecular flexibility index (Phi) is 24.5. The first-order valence-corrected chi connectivity index (χ1v) is 26.6. The number of nitrogen functional groups attached to an aromatic ring is 1. The molecule has 0 saturated heterocycles. The number of nitrogens with zero attached hydrogens (tertiary/aromatic N) is 20. The van der Waals surface area contributed by atoms with Crippen molar-refractivity contribution in [3.63, 3.8) is 0 Å². The third-order valence-corrected chi connectivity index (χ3v) is 11.7. The molecule has 0 aromatic carbocycles. The molecule has 0 spiro atoms. The Hall–Kier alpha value is -14.3. The number of carboxylic acids is 6. The normalized spacial score (nSPS) is 9.99. The van der Waals surface area contributed by atoms with Crippen LogP contribution in [0.5, 0.6) is 11.6 Å². The molecule has 37 heteroatoms.